The second-order valence-electron chi connectivity index (χ2n) is 7.87. The topological polar surface area (TPSA) is 128 Å². The van der Waals surface area contributed by atoms with Crippen LogP contribution in [-0.4, -0.2) is 29.9 Å². The Bertz CT molecular complexity index is 1540. The summed E-state index contributed by atoms with van der Waals surface area (Å²) in [4.78, 5) is 49.0. The number of urea groups is 1. The molecule has 4 rings (SSSR count). The number of alkyl halides is 3. The fraction of sp³-hybridized carbons (Fsp3) is 0.0800. The predicted octanol–water partition coefficient (Wildman–Crippen LogP) is 5.73. The SMILES string of the molecule is COc1cc(/C=C2\C(=O)NC(=O)N(c3ccccc3)C2=O)cc(Cl)c1Oc1ccc(C(F)(F)F)cc1[N+](=O)[O-]. The third kappa shape index (κ3) is 5.52. The van der Waals surface area contributed by atoms with Gasteiger partial charge in [0.25, 0.3) is 11.8 Å². The first-order valence-electron chi connectivity index (χ1n) is 10.8. The fourth-order valence-corrected chi connectivity index (χ4v) is 3.85. The molecule has 3 aromatic carbocycles. The normalized spacial score (nSPS) is 14.8. The Hall–Kier alpha value is -4.91. The number of nitro groups is 1. The van der Waals surface area contributed by atoms with Crippen LogP contribution in [0.3, 0.4) is 0 Å². The maximum absolute atomic E-state index is 13.0. The number of amides is 4. The number of nitro benzene ring substituents is 1. The number of rotatable bonds is 6. The van der Waals surface area contributed by atoms with Gasteiger partial charge in [0.05, 0.1) is 28.3 Å². The molecule has 0 atom stereocenters. The molecular weight excluding hydrogens is 547 g/mol. The zero-order valence-electron chi connectivity index (χ0n) is 19.6. The molecule has 0 saturated carbocycles. The maximum atomic E-state index is 13.0. The summed E-state index contributed by atoms with van der Waals surface area (Å²) in [5.74, 6) is -2.82. The molecule has 1 fully saturated rings. The lowest BCUT2D eigenvalue weighted by Crippen LogP contribution is -2.54. The van der Waals surface area contributed by atoms with Gasteiger partial charge >= 0.3 is 17.9 Å². The van der Waals surface area contributed by atoms with Gasteiger partial charge in [-0.25, -0.2) is 9.69 Å². The Balaban J connectivity index is 1.72. The summed E-state index contributed by atoms with van der Waals surface area (Å²) >= 11 is 6.30. The molecule has 1 saturated heterocycles. The molecule has 10 nitrogen and oxygen atoms in total. The number of carbonyl (C=O) groups is 3. The molecule has 200 valence electrons. The largest absolute Gasteiger partial charge is 0.493 e. The molecule has 0 aliphatic carbocycles. The van der Waals surface area contributed by atoms with Crippen molar-refractivity contribution in [2.24, 2.45) is 0 Å². The van der Waals surface area contributed by atoms with Crippen LogP contribution >= 0.6 is 11.6 Å². The Labute approximate surface area is 222 Å². The van der Waals surface area contributed by atoms with Gasteiger partial charge in [0.15, 0.2) is 11.5 Å². The second kappa shape index (κ2) is 10.5. The van der Waals surface area contributed by atoms with E-state index in [2.05, 4.69) is 5.32 Å². The van der Waals surface area contributed by atoms with E-state index in [9.17, 15) is 37.7 Å². The molecule has 1 N–H and O–H groups in total. The first kappa shape index (κ1) is 27.1. The minimum Gasteiger partial charge on any atom is -0.493 e. The monoisotopic (exact) mass is 561 g/mol. The molecule has 0 unspecified atom stereocenters. The number of nitrogens with one attached hydrogen (secondary N) is 1. The third-order valence-corrected chi connectivity index (χ3v) is 5.65. The number of hydrogen-bond acceptors (Lipinski definition) is 7. The third-order valence-electron chi connectivity index (χ3n) is 5.37. The summed E-state index contributed by atoms with van der Waals surface area (Å²) in [7, 11) is 1.20. The quantitative estimate of drug-likeness (QED) is 0.176. The van der Waals surface area contributed by atoms with E-state index in [1.807, 2.05) is 0 Å². The van der Waals surface area contributed by atoms with Gasteiger partial charge in [-0.3, -0.25) is 25.0 Å². The first-order chi connectivity index (χ1) is 18.4. The highest BCUT2D eigenvalue weighted by atomic mass is 35.5. The number of hydrogen-bond donors (Lipinski definition) is 1. The number of nitrogens with zero attached hydrogens (tertiary/aromatic N) is 2. The van der Waals surface area contributed by atoms with Gasteiger partial charge in [0.2, 0.25) is 5.75 Å². The molecule has 14 heteroatoms. The molecule has 1 aliphatic heterocycles. The van der Waals surface area contributed by atoms with Crippen molar-refractivity contribution in [3.8, 4) is 17.2 Å². The van der Waals surface area contributed by atoms with Crippen molar-refractivity contribution in [2.75, 3.05) is 12.0 Å². The fourth-order valence-electron chi connectivity index (χ4n) is 3.59. The van der Waals surface area contributed by atoms with E-state index in [1.54, 1.807) is 18.2 Å². The van der Waals surface area contributed by atoms with Crippen molar-refractivity contribution in [1.82, 2.24) is 5.32 Å². The summed E-state index contributed by atoms with van der Waals surface area (Å²) in [5.41, 5.74) is -2.27. The van der Waals surface area contributed by atoms with Crippen LogP contribution in [0.1, 0.15) is 11.1 Å². The van der Waals surface area contributed by atoms with Crippen LogP contribution in [0, 0.1) is 10.1 Å². The van der Waals surface area contributed by atoms with Crippen LogP contribution in [0.25, 0.3) is 6.08 Å². The molecule has 1 heterocycles. The first-order valence-corrected chi connectivity index (χ1v) is 11.2. The maximum Gasteiger partial charge on any atom is 0.416 e. The van der Waals surface area contributed by atoms with Crippen molar-refractivity contribution in [3.05, 3.63) is 92.5 Å². The lowest BCUT2D eigenvalue weighted by molar-refractivity contribution is -0.385. The Morgan fingerprint density at radius 2 is 1.72 bits per heavy atom. The minimum atomic E-state index is -4.82. The number of halogens is 4. The van der Waals surface area contributed by atoms with Crippen LogP contribution < -0.4 is 19.7 Å². The average Bonchev–Trinajstić information content (AvgIpc) is 2.87. The Kier molecular flexibility index (Phi) is 7.27. The molecule has 0 spiro atoms. The molecule has 4 amide bonds. The summed E-state index contributed by atoms with van der Waals surface area (Å²) in [6.45, 7) is 0. The van der Waals surface area contributed by atoms with Crippen LogP contribution in [0.4, 0.5) is 29.3 Å². The second-order valence-corrected chi connectivity index (χ2v) is 8.27. The number of ether oxygens (including phenoxy) is 2. The van der Waals surface area contributed by atoms with Crippen LogP contribution in [-0.2, 0) is 15.8 Å². The van der Waals surface area contributed by atoms with Gasteiger partial charge in [-0.15, -0.1) is 0 Å². The number of barbiturate groups is 1. The molecule has 0 radical (unpaired) electrons. The van der Waals surface area contributed by atoms with E-state index in [4.69, 9.17) is 21.1 Å². The highest BCUT2D eigenvalue weighted by molar-refractivity contribution is 6.39. The number of anilines is 1. The van der Waals surface area contributed by atoms with Crippen molar-refractivity contribution in [1.29, 1.82) is 0 Å². The molecule has 39 heavy (non-hydrogen) atoms. The van der Waals surface area contributed by atoms with E-state index >= 15 is 0 Å². The number of imide groups is 2. The summed E-state index contributed by atoms with van der Waals surface area (Å²) in [5, 5.41) is 13.3. The van der Waals surface area contributed by atoms with E-state index in [0.29, 0.717) is 12.1 Å². The van der Waals surface area contributed by atoms with Crippen LogP contribution in [0.2, 0.25) is 5.02 Å². The standard InChI is InChI=1S/C25H15ClF3N3O7/c1-38-20-11-13(9-16-22(33)30-24(35)31(23(16)34)15-5-3-2-4-6-15)10-17(26)21(20)39-19-8-7-14(25(27,28)29)12-18(19)32(36)37/h2-12H,1H3,(H,30,33,35)/b16-9+. The minimum absolute atomic E-state index is 0.122. The summed E-state index contributed by atoms with van der Waals surface area (Å²) < 4.78 is 49.8. The summed E-state index contributed by atoms with van der Waals surface area (Å²) in [6.07, 6.45) is -3.68. The van der Waals surface area contributed by atoms with Crippen LogP contribution in [0.5, 0.6) is 17.2 Å². The predicted molar refractivity (Wildman–Crippen MR) is 132 cm³/mol. The van der Waals surface area contributed by atoms with Gasteiger partial charge in [-0.1, -0.05) is 29.8 Å². The molecule has 0 aromatic heterocycles. The average molecular weight is 562 g/mol. The zero-order valence-corrected chi connectivity index (χ0v) is 20.4. The van der Waals surface area contributed by atoms with Gasteiger partial charge in [-0.2, -0.15) is 13.2 Å². The van der Waals surface area contributed by atoms with Crippen molar-refractivity contribution >= 4 is 46.9 Å². The number of para-hydroxylation sites is 1. The molecular formula is C25H15ClF3N3O7. The Morgan fingerprint density at radius 3 is 2.33 bits per heavy atom. The van der Waals surface area contributed by atoms with Gasteiger partial charge in [0.1, 0.15) is 5.57 Å². The smallest absolute Gasteiger partial charge is 0.416 e. The highest BCUT2D eigenvalue weighted by Gasteiger charge is 2.37. The lowest BCUT2D eigenvalue weighted by Gasteiger charge is -2.26. The molecule has 0 bridgehead atoms. The van der Waals surface area contributed by atoms with Crippen molar-refractivity contribution in [2.45, 2.75) is 6.18 Å². The Morgan fingerprint density at radius 1 is 1.03 bits per heavy atom. The van der Waals surface area contributed by atoms with E-state index in [-0.39, 0.29) is 27.8 Å². The van der Waals surface area contributed by atoms with Gasteiger partial charge in [-0.05, 0) is 48.0 Å². The van der Waals surface area contributed by atoms with Gasteiger partial charge < -0.3 is 9.47 Å². The van der Waals surface area contributed by atoms with E-state index in [0.717, 1.165) is 17.0 Å². The number of carbonyl (C=O) groups excluding carboxylic acids is 3. The van der Waals surface area contributed by atoms with Crippen molar-refractivity contribution in [3.63, 3.8) is 0 Å². The zero-order chi connectivity index (χ0) is 28.5. The lowest BCUT2D eigenvalue weighted by atomic mass is 10.1. The number of benzene rings is 3. The molecule has 1 aliphatic rings. The van der Waals surface area contributed by atoms with Gasteiger partial charge in [0, 0.05) is 6.07 Å². The van der Waals surface area contributed by atoms with E-state index in [1.165, 1.54) is 31.4 Å². The number of methoxy groups -OCH3 is 1. The van der Waals surface area contributed by atoms with Crippen molar-refractivity contribution < 1.29 is 42.0 Å². The van der Waals surface area contributed by atoms with Crippen LogP contribution in [0.15, 0.2) is 66.2 Å². The highest BCUT2D eigenvalue weighted by Crippen LogP contribution is 2.44. The molecule has 3 aromatic rings. The summed E-state index contributed by atoms with van der Waals surface area (Å²) in [6, 6.07) is 11.1. The van der Waals surface area contributed by atoms with E-state index < -0.39 is 51.5 Å².